The maximum atomic E-state index is 13.3. The number of benzene rings is 2. The largest absolute Gasteiger partial charge is 0.493 e. The Kier molecular flexibility index (Phi) is 4.94. The van der Waals surface area contributed by atoms with Gasteiger partial charge in [0.1, 0.15) is 11.6 Å². The standard InChI is InChI=1S/C20H18FN3O5S/c1-28-17-5-3-4-14(18(17)29-2)20(25)22-19-15-10-30(26,27)11-16(15)23-24(19)13-8-6-12(21)7-9-13/h3-9H,10-11H2,1-2H3,(H,22,25). The minimum absolute atomic E-state index is 0.207. The van der Waals surface area contributed by atoms with E-state index in [4.69, 9.17) is 9.47 Å². The van der Waals surface area contributed by atoms with E-state index in [0.29, 0.717) is 22.7 Å². The second-order valence-corrected chi connectivity index (χ2v) is 8.75. The summed E-state index contributed by atoms with van der Waals surface area (Å²) in [4.78, 5) is 13.1. The van der Waals surface area contributed by atoms with Gasteiger partial charge in [-0.15, -0.1) is 0 Å². The number of ether oxygens (including phenoxy) is 2. The van der Waals surface area contributed by atoms with Crippen molar-refractivity contribution >= 4 is 21.6 Å². The average molecular weight is 431 g/mol. The summed E-state index contributed by atoms with van der Waals surface area (Å²) in [5.74, 6) is -0.572. The molecule has 10 heteroatoms. The molecule has 0 atom stereocenters. The molecule has 0 unspecified atom stereocenters. The van der Waals surface area contributed by atoms with Crippen molar-refractivity contribution in [3.05, 3.63) is 65.1 Å². The summed E-state index contributed by atoms with van der Waals surface area (Å²) in [6, 6.07) is 10.4. The van der Waals surface area contributed by atoms with Crippen LogP contribution < -0.4 is 14.8 Å². The van der Waals surface area contributed by atoms with Crippen molar-refractivity contribution in [2.45, 2.75) is 11.5 Å². The number of aromatic nitrogens is 2. The lowest BCUT2D eigenvalue weighted by atomic mass is 10.1. The molecule has 30 heavy (non-hydrogen) atoms. The van der Waals surface area contributed by atoms with Gasteiger partial charge in [-0.25, -0.2) is 17.5 Å². The van der Waals surface area contributed by atoms with Gasteiger partial charge >= 0.3 is 0 Å². The molecule has 8 nitrogen and oxygen atoms in total. The van der Waals surface area contributed by atoms with Crippen LogP contribution in [-0.2, 0) is 21.3 Å². The molecule has 1 amide bonds. The smallest absolute Gasteiger partial charge is 0.260 e. The van der Waals surface area contributed by atoms with E-state index in [0.717, 1.165) is 0 Å². The predicted octanol–water partition coefficient (Wildman–Crippen LogP) is 2.71. The summed E-state index contributed by atoms with van der Waals surface area (Å²) in [5, 5.41) is 7.11. The van der Waals surface area contributed by atoms with Crippen molar-refractivity contribution < 1.29 is 27.1 Å². The van der Waals surface area contributed by atoms with Crippen LogP contribution in [-0.4, -0.2) is 38.3 Å². The Labute approximate surface area is 172 Å². The molecule has 0 aliphatic carbocycles. The summed E-state index contributed by atoms with van der Waals surface area (Å²) in [6.07, 6.45) is 0. The highest BCUT2D eigenvalue weighted by Gasteiger charge is 2.33. The highest BCUT2D eigenvalue weighted by atomic mass is 32.2. The van der Waals surface area contributed by atoms with Gasteiger partial charge in [-0.3, -0.25) is 4.79 Å². The molecule has 0 saturated carbocycles. The summed E-state index contributed by atoms with van der Waals surface area (Å²) in [7, 11) is -0.468. The zero-order valence-electron chi connectivity index (χ0n) is 16.2. The number of anilines is 1. The maximum Gasteiger partial charge on any atom is 0.260 e. The van der Waals surface area contributed by atoms with E-state index < -0.39 is 21.6 Å². The molecule has 0 spiro atoms. The van der Waals surface area contributed by atoms with E-state index >= 15 is 0 Å². The van der Waals surface area contributed by atoms with Gasteiger partial charge in [0.25, 0.3) is 5.91 Å². The number of fused-ring (bicyclic) bond motifs is 1. The van der Waals surface area contributed by atoms with Crippen LogP contribution in [0.25, 0.3) is 5.69 Å². The van der Waals surface area contributed by atoms with Crippen LogP contribution in [0.15, 0.2) is 42.5 Å². The van der Waals surface area contributed by atoms with Crippen LogP contribution in [0.3, 0.4) is 0 Å². The summed E-state index contributed by atoms with van der Waals surface area (Å²) in [5.41, 5.74) is 1.45. The van der Waals surface area contributed by atoms with Crippen molar-refractivity contribution in [3.63, 3.8) is 0 Å². The van der Waals surface area contributed by atoms with Crippen molar-refractivity contribution in [1.29, 1.82) is 0 Å². The van der Waals surface area contributed by atoms with E-state index in [-0.39, 0.29) is 28.6 Å². The lowest BCUT2D eigenvalue weighted by Crippen LogP contribution is -2.18. The molecular formula is C20H18FN3O5S. The summed E-state index contributed by atoms with van der Waals surface area (Å²) >= 11 is 0. The molecule has 156 valence electrons. The monoisotopic (exact) mass is 431 g/mol. The highest BCUT2D eigenvalue weighted by molar-refractivity contribution is 7.90. The predicted molar refractivity (Wildman–Crippen MR) is 107 cm³/mol. The average Bonchev–Trinajstić information content (AvgIpc) is 3.20. The normalized spacial score (nSPS) is 14.2. The molecule has 3 aromatic rings. The number of nitrogens with zero attached hydrogens (tertiary/aromatic N) is 2. The van der Waals surface area contributed by atoms with Gasteiger partial charge < -0.3 is 14.8 Å². The zero-order valence-corrected chi connectivity index (χ0v) is 17.0. The van der Waals surface area contributed by atoms with Gasteiger partial charge in [0.05, 0.1) is 42.7 Å². The van der Waals surface area contributed by atoms with Crippen molar-refractivity contribution in [2.24, 2.45) is 0 Å². The van der Waals surface area contributed by atoms with E-state index in [2.05, 4.69) is 10.4 Å². The number of carbonyl (C=O) groups is 1. The fraction of sp³-hybridized carbons (Fsp3) is 0.200. The molecule has 1 aliphatic rings. The number of carbonyl (C=O) groups excluding carboxylic acids is 1. The van der Waals surface area contributed by atoms with Gasteiger partial charge in [0, 0.05) is 5.56 Å². The number of rotatable bonds is 5. The first kappa shape index (κ1) is 19.9. The first-order valence-electron chi connectivity index (χ1n) is 8.92. The Balaban J connectivity index is 1.79. The van der Waals surface area contributed by atoms with Gasteiger partial charge in [0.2, 0.25) is 0 Å². The second kappa shape index (κ2) is 7.45. The van der Waals surface area contributed by atoms with E-state index in [1.165, 1.54) is 43.2 Å². The Morgan fingerprint density at radius 2 is 1.83 bits per heavy atom. The van der Waals surface area contributed by atoms with Crippen LogP contribution in [0.4, 0.5) is 10.2 Å². The lowest BCUT2D eigenvalue weighted by Gasteiger charge is -2.14. The van der Waals surface area contributed by atoms with Crippen molar-refractivity contribution in [1.82, 2.24) is 9.78 Å². The summed E-state index contributed by atoms with van der Waals surface area (Å²) in [6.45, 7) is 0. The number of hydrogen-bond donors (Lipinski definition) is 1. The number of nitrogens with one attached hydrogen (secondary N) is 1. The Hall–Kier alpha value is -3.40. The Morgan fingerprint density at radius 3 is 2.50 bits per heavy atom. The Bertz CT molecular complexity index is 1240. The highest BCUT2D eigenvalue weighted by Crippen LogP contribution is 2.35. The molecule has 1 N–H and O–H groups in total. The van der Waals surface area contributed by atoms with Gasteiger partial charge in [-0.05, 0) is 36.4 Å². The SMILES string of the molecule is COc1cccc(C(=O)Nc2c3c(nn2-c2ccc(F)cc2)CS(=O)(=O)C3)c1OC. The minimum atomic E-state index is -3.35. The van der Waals surface area contributed by atoms with Gasteiger partial charge in [-0.2, -0.15) is 5.10 Å². The molecule has 2 aromatic carbocycles. The maximum absolute atomic E-state index is 13.3. The van der Waals surface area contributed by atoms with Crippen LogP contribution in [0, 0.1) is 5.82 Å². The molecule has 0 saturated heterocycles. The fourth-order valence-corrected chi connectivity index (χ4v) is 4.87. The van der Waals surface area contributed by atoms with Gasteiger partial charge in [0.15, 0.2) is 21.3 Å². The van der Waals surface area contributed by atoms with E-state index in [9.17, 15) is 17.6 Å². The first-order chi connectivity index (χ1) is 14.3. The molecular weight excluding hydrogens is 413 g/mol. The van der Waals surface area contributed by atoms with Crippen LogP contribution in [0.2, 0.25) is 0 Å². The van der Waals surface area contributed by atoms with Crippen LogP contribution in [0.5, 0.6) is 11.5 Å². The number of para-hydroxylation sites is 1. The fourth-order valence-electron chi connectivity index (χ4n) is 3.38. The molecule has 1 aromatic heterocycles. The third-order valence-electron chi connectivity index (χ3n) is 4.74. The van der Waals surface area contributed by atoms with Crippen LogP contribution >= 0.6 is 0 Å². The van der Waals surface area contributed by atoms with E-state index in [1.54, 1.807) is 18.2 Å². The number of amides is 1. The second-order valence-electron chi connectivity index (χ2n) is 6.69. The molecule has 0 radical (unpaired) electrons. The minimum Gasteiger partial charge on any atom is -0.493 e. The molecule has 1 aliphatic heterocycles. The number of sulfone groups is 1. The van der Waals surface area contributed by atoms with Crippen molar-refractivity contribution in [3.8, 4) is 17.2 Å². The zero-order chi connectivity index (χ0) is 21.5. The topological polar surface area (TPSA) is 99.5 Å². The molecule has 2 heterocycles. The third-order valence-corrected chi connectivity index (χ3v) is 6.18. The summed E-state index contributed by atoms with van der Waals surface area (Å²) < 4.78 is 49.5. The first-order valence-corrected chi connectivity index (χ1v) is 10.7. The number of halogens is 1. The quantitative estimate of drug-likeness (QED) is 0.667. The molecule has 4 rings (SSSR count). The Morgan fingerprint density at radius 1 is 1.10 bits per heavy atom. The molecule has 0 fully saturated rings. The molecule has 0 bridgehead atoms. The number of methoxy groups -OCH3 is 2. The lowest BCUT2D eigenvalue weighted by molar-refractivity contribution is 0.102. The van der Waals surface area contributed by atoms with E-state index in [1.807, 2.05) is 0 Å². The van der Waals surface area contributed by atoms with Crippen LogP contribution in [0.1, 0.15) is 21.6 Å². The number of hydrogen-bond acceptors (Lipinski definition) is 6. The van der Waals surface area contributed by atoms with Gasteiger partial charge in [-0.1, -0.05) is 6.07 Å². The van der Waals surface area contributed by atoms with Crippen molar-refractivity contribution in [2.75, 3.05) is 19.5 Å². The third kappa shape index (κ3) is 3.50.